The van der Waals surface area contributed by atoms with Crippen LogP contribution in [-0.4, -0.2) is 39.4 Å². The Kier molecular flexibility index (Phi) is 5.37. The number of hydrogen-bond acceptors (Lipinski definition) is 9. The van der Waals surface area contributed by atoms with E-state index in [0.29, 0.717) is 28.1 Å². The van der Waals surface area contributed by atoms with Crippen molar-refractivity contribution in [2.24, 2.45) is 7.05 Å². The molecule has 0 amide bonds. The number of fused-ring (bicyclic) bond motifs is 1. The molecule has 37 heavy (non-hydrogen) atoms. The largest absolute Gasteiger partial charge is 0.392 e. The van der Waals surface area contributed by atoms with E-state index in [-0.39, 0.29) is 28.8 Å². The van der Waals surface area contributed by atoms with E-state index in [1.54, 1.807) is 36.4 Å². The summed E-state index contributed by atoms with van der Waals surface area (Å²) in [5, 5.41) is 17.9. The summed E-state index contributed by atoms with van der Waals surface area (Å²) in [6.07, 6.45) is 9.84. The third-order valence-corrected chi connectivity index (χ3v) is 6.33. The smallest absolute Gasteiger partial charge is 0.265 e. The normalized spacial score (nSPS) is 13.3. The van der Waals surface area contributed by atoms with Crippen molar-refractivity contribution in [2.75, 3.05) is 11.1 Å². The maximum atomic E-state index is 15.1. The quantitative estimate of drug-likeness (QED) is 0.320. The van der Waals surface area contributed by atoms with Crippen LogP contribution in [0, 0.1) is 5.82 Å². The Morgan fingerprint density at radius 2 is 2.03 bits per heavy atom. The number of nitrogens with two attached hydrogens (primary N) is 1. The van der Waals surface area contributed by atoms with Gasteiger partial charge in [0.2, 0.25) is 11.9 Å². The molecule has 0 unspecified atom stereocenters. The molecule has 11 nitrogen and oxygen atoms in total. The topological polar surface area (TPSA) is 150 Å². The monoisotopic (exact) mass is 499 g/mol. The van der Waals surface area contributed by atoms with E-state index in [1.807, 2.05) is 6.07 Å². The van der Waals surface area contributed by atoms with E-state index >= 15 is 4.39 Å². The SMILES string of the molecule is Cn1cc(Nc2nc(N)nc(-c3cncc(-n4ccc5cc(C6CC6)cc(F)c5c4=O)c3CO)n2)cn1. The van der Waals surface area contributed by atoms with Gasteiger partial charge in [-0.3, -0.25) is 19.0 Å². The molecule has 0 atom stereocenters. The number of halogens is 1. The van der Waals surface area contributed by atoms with Gasteiger partial charge in [0.1, 0.15) is 5.82 Å². The summed E-state index contributed by atoms with van der Waals surface area (Å²) in [7, 11) is 1.77. The summed E-state index contributed by atoms with van der Waals surface area (Å²) in [5.74, 6) is 0.0491. The van der Waals surface area contributed by atoms with Gasteiger partial charge >= 0.3 is 0 Å². The van der Waals surface area contributed by atoms with Crippen LogP contribution in [0.3, 0.4) is 0 Å². The molecule has 1 fully saturated rings. The average Bonchev–Trinajstić information content (AvgIpc) is 3.65. The lowest BCUT2D eigenvalue weighted by Crippen LogP contribution is -2.21. The fourth-order valence-electron chi connectivity index (χ4n) is 4.42. The van der Waals surface area contributed by atoms with Gasteiger partial charge in [0.15, 0.2) is 5.82 Å². The number of aliphatic hydroxyl groups excluding tert-OH is 1. The molecule has 0 saturated heterocycles. The molecule has 0 aliphatic heterocycles. The Morgan fingerprint density at radius 1 is 1.19 bits per heavy atom. The maximum Gasteiger partial charge on any atom is 0.265 e. The van der Waals surface area contributed by atoms with E-state index in [2.05, 4.69) is 30.4 Å². The number of nitrogens with zero attached hydrogens (tertiary/aromatic N) is 7. The van der Waals surface area contributed by atoms with Crippen LogP contribution in [0.1, 0.15) is 29.9 Å². The van der Waals surface area contributed by atoms with Crippen molar-refractivity contribution in [2.45, 2.75) is 25.4 Å². The summed E-state index contributed by atoms with van der Waals surface area (Å²) in [4.78, 5) is 30.4. The molecule has 5 aromatic rings. The first-order chi connectivity index (χ1) is 17.9. The molecular weight excluding hydrogens is 477 g/mol. The fraction of sp³-hybridized carbons (Fsp3) is 0.200. The minimum atomic E-state index is -0.565. The first kappa shape index (κ1) is 22.7. The third kappa shape index (κ3) is 4.16. The molecule has 1 aliphatic carbocycles. The van der Waals surface area contributed by atoms with Crippen LogP contribution < -0.4 is 16.6 Å². The van der Waals surface area contributed by atoms with Crippen molar-refractivity contribution in [3.63, 3.8) is 0 Å². The van der Waals surface area contributed by atoms with Crippen molar-refractivity contribution >= 4 is 28.4 Å². The van der Waals surface area contributed by atoms with Crippen molar-refractivity contribution in [3.8, 4) is 17.1 Å². The third-order valence-electron chi connectivity index (χ3n) is 6.33. The van der Waals surface area contributed by atoms with Gasteiger partial charge in [-0.2, -0.15) is 20.1 Å². The molecule has 4 aromatic heterocycles. The highest BCUT2D eigenvalue weighted by Crippen LogP contribution is 2.41. The standard InChI is InChI=1S/C25H22FN9O2/c1-34-11-16(8-29-34)30-25-32-22(31-24(27)33-25)17-9-28-10-20(18(17)12-36)35-5-4-14-6-15(13-2-3-13)7-19(26)21(14)23(35)37/h4-11,13,36H,2-3,12H2,1H3,(H3,27,30,31,32,33). The number of pyridine rings is 2. The number of aliphatic hydroxyl groups is 1. The minimum absolute atomic E-state index is 0.0199. The van der Waals surface area contributed by atoms with Crippen LogP contribution in [0.5, 0.6) is 0 Å². The second kappa shape index (κ2) is 8.75. The van der Waals surface area contributed by atoms with Gasteiger partial charge in [-0.1, -0.05) is 6.07 Å². The number of anilines is 3. The predicted molar refractivity (Wildman–Crippen MR) is 135 cm³/mol. The number of hydrogen-bond donors (Lipinski definition) is 3. The molecule has 0 radical (unpaired) electrons. The minimum Gasteiger partial charge on any atom is -0.392 e. The second-order valence-corrected chi connectivity index (χ2v) is 8.94. The van der Waals surface area contributed by atoms with Crippen molar-refractivity contribution < 1.29 is 9.50 Å². The lowest BCUT2D eigenvalue weighted by Gasteiger charge is -2.15. The van der Waals surface area contributed by atoms with Crippen LogP contribution in [0.2, 0.25) is 0 Å². The van der Waals surface area contributed by atoms with Crippen molar-refractivity contribution in [3.05, 3.63) is 76.5 Å². The van der Waals surface area contributed by atoms with Gasteiger partial charge < -0.3 is 16.2 Å². The Morgan fingerprint density at radius 3 is 2.76 bits per heavy atom. The first-order valence-electron chi connectivity index (χ1n) is 11.6. The number of aromatic nitrogens is 7. The van der Waals surface area contributed by atoms with Crippen LogP contribution in [0.15, 0.2) is 54.0 Å². The van der Waals surface area contributed by atoms with Crippen LogP contribution in [0.4, 0.5) is 22.0 Å². The Labute approximate surface area is 209 Å². The zero-order chi connectivity index (χ0) is 25.7. The summed E-state index contributed by atoms with van der Waals surface area (Å²) < 4.78 is 17.9. The molecule has 0 bridgehead atoms. The number of rotatable bonds is 6. The zero-order valence-electron chi connectivity index (χ0n) is 19.8. The molecule has 1 saturated carbocycles. The van der Waals surface area contributed by atoms with Crippen LogP contribution in [-0.2, 0) is 13.7 Å². The highest BCUT2D eigenvalue weighted by molar-refractivity contribution is 5.83. The van der Waals surface area contributed by atoms with Crippen molar-refractivity contribution in [1.29, 1.82) is 0 Å². The summed E-state index contributed by atoms with van der Waals surface area (Å²) in [6, 6.07) is 5.00. The summed E-state index contributed by atoms with van der Waals surface area (Å²) in [5.41, 5.74) is 7.87. The second-order valence-electron chi connectivity index (χ2n) is 8.94. The first-order valence-corrected chi connectivity index (χ1v) is 11.6. The predicted octanol–water partition coefficient (Wildman–Crippen LogP) is 2.81. The molecule has 6 rings (SSSR count). The zero-order valence-corrected chi connectivity index (χ0v) is 19.8. The summed E-state index contributed by atoms with van der Waals surface area (Å²) >= 11 is 0. The molecule has 186 valence electrons. The van der Waals surface area contributed by atoms with Gasteiger partial charge in [0.05, 0.1) is 35.8 Å². The van der Waals surface area contributed by atoms with Crippen molar-refractivity contribution in [1.82, 2.24) is 34.3 Å². The number of aryl methyl sites for hydroxylation is 1. The van der Waals surface area contributed by atoms with Gasteiger partial charge in [0, 0.05) is 36.8 Å². The molecule has 1 aromatic carbocycles. The number of benzene rings is 1. The van der Waals surface area contributed by atoms with E-state index in [1.165, 1.54) is 23.0 Å². The lowest BCUT2D eigenvalue weighted by atomic mass is 10.0. The highest BCUT2D eigenvalue weighted by Gasteiger charge is 2.25. The van der Waals surface area contributed by atoms with Gasteiger partial charge in [-0.05, 0) is 41.8 Å². The Balaban J connectivity index is 1.46. The lowest BCUT2D eigenvalue weighted by molar-refractivity contribution is 0.282. The molecular formula is C25H22FN9O2. The molecule has 4 N–H and O–H groups in total. The molecule has 12 heteroatoms. The summed E-state index contributed by atoms with van der Waals surface area (Å²) in [6.45, 7) is -0.461. The number of nitrogen functional groups attached to an aromatic ring is 1. The van der Waals surface area contributed by atoms with Gasteiger partial charge in [-0.25, -0.2) is 4.39 Å². The number of nitrogens with one attached hydrogen (secondary N) is 1. The van der Waals surface area contributed by atoms with Gasteiger partial charge in [-0.15, -0.1) is 0 Å². The van der Waals surface area contributed by atoms with Crippen LogP contribution in [0.25, 0.3) is 27.8 Å². The molecule has 1 aliphatic rings. The van der Waals surface area contributed by atoms with E-state index < -0.39 is 18.0 Å². The molecule has 0 spiro atoms. The van der Waals surface area contributed by atoms with E-state index in [4.69, 9.17) is 5.73 Å². The Hall–Kier alpha value is -4.71. The van der Waals surface area contributed by atoms with E-state index in [9.17, 15) is 9.90 Å². The van der Waals surface area contributed by atoms with E-state index in [0.717, 1.165) is 18.4 Å². The van der Waals surface area contributed by atoms with Crippen LogP contribution >= 0.6 is 0 Å². The van der Waals surface area contributed by atoms with Gasteiger partial charge in [0.25, 0.3) is 5.56 Å². The molecule has 4 heterocycles. The average molecular weight is 500 g/mol. The Bertz CT molecular complexity index is 1730. The highest BCUT2D eigenvalue weighted by atomic mass is 19.1. The fourth-order valence-corrected chi connectivity index (χ4v) is 4.42. The maximum absolute atomic E-state index is 15.1.